The SMILES string of the molecule is CC1(C)NS(=O)(=O)c2cc(-c3[nH]nc4ncc(-c5ccc6c(c5)CCC(N5CCCC5)CC6)cc34)ccc21. The molecule has 8 heteroatoms. The molecule has 38 heavy (non-hydrogen) atoms. The molecule has 2 aromatic heterocycles. The van der Waals surface area contributed by atoms with Crippen molar-refractivity contribution in [1.82, 2.24) is 24.8 Å². The summed E-state index contributed by atoms with van der Waals surface area (Å²) < 4.78 is 28.3. The third kappa shape index (κ3) is 3.97. The Kier molecular flexibility index (Phi) is 5.51. The fourth-order valence-corrected chi connectivity index (χ4v) is 8.47. The molecule has 0 spiro atoms. The Labute approximate surface area is 223 Å². The van der Waals surface area contributed by atoms with Gasteiger partial charge in [0.25, 0.3) is 0 Å². The number of H-pyrrole nitrogens is 1. The Morgan fingerprint density at radius 1 is 0.921 bits per heavy atom. The first kappa shape index (κ1) is 24.0. The number of aromatic nitrogens is 3. The van der Waals surface area contributed by atoms with Crippen molar-refractivity contribution in [2.45, 2.75) is 68.8 Å². The van der Waals surface area contributed by atoms with Gasteiger partial charge in [-0.1, -0.05) is 30.3 Å². The molecule has 3 aliphatic rings. The summed E-state index contributed by atoms with van der Waals surface area (Å²) in [6.07, 6.45) is 9.31. The number of nitrogens with one attached hydrogen (secondary N) is 2. The van der Waals surface area contributed by atoms with Crippen LogP contribution in [0.2, 0.25) is 0 Å². The zero-order valence-electron chi connectivity index (χ0n) is 21.9. The van der Waals surface area contributed by atoms with Crippen LogP contribution in [0.4, 0.5) is 0 Å². The number of hydrogen-bond donors (Lipinski definition) is 2. The van der Waals surface area contributed by atoms with Crippen molar-refractivity contribution >= 4 is 21.1 Å². The average molecular weight is 528 g/mol. The molecule has 0 radical (unpaired) electrons. The third-order valence-corrected chi connectivity index (χ3v) is 10.4. The van der Waals surface area contributed by atoms with Gasteiger partial charge >= 0.3 is 0 Å². The lowest BCUT2D eigenvalue weighted by molar-refractivity contribution is 0.222. The van der Waals surface area contributed by atoms with E-state index in [9.17, 15) is 8.42 Å². The van der Waals surface area contributed by atoms with Crippen LogP contribution in [0.3, 0.4) is 0 Å². The minimum absolute atomic E-state index is 0.324. The molecular formula is C30H33N5O2S. The summed E-state index contributed by atoms with van der Waals surface area (Å²) in [6.45, 7) is 6.28. The van der Waals surface area contributed by atoms with E-state index < -0.39 is 15.6 Å². The molecule has 196 valence electrons. The van der Waals surface area contributed by atoms with Crippen LogP contribution in [0, 0.1) is 0 Å². The van der Waals surface area contributed by atoms with Gasteiger partial charge in [0.05, 0.1) is 16.1 Å². The molecule has 2 aromatic carbocycles. The third-order valence-electron chi connectivity index (χ3n) is 8.72. The van der Waals surface area contributed by atoms with E-state index in [-0.39, 0.29) is 0 Å². The van der Waals surface area contributed by atoms with Crippen LogP contribution in [-0.2, 0) is 28.4 Å². The predicted octanol–water partition coefficient (Wildman–Crippen LogP) is 5.16. The van der Waals surface area contributed by atoms with E-state index in [1.807, 2.05) is 32.2 Å². The van der Waals surface area contributed by atoms with Gasteiger partial charge in [0.1, 0.15) is 0 Å². The molecule has 0 saturated carbocycles. The average Bonchev–Trinajstić information content (AvgIpc) is 3.58. The van der Waals surface area contributed by atoms with E-state index in [0.29, 0.717) is 16.6 Å². The zero-order valence-corrected chi connectivity index (χ0v) is 22.7. The van der Waals surface area contributed by atoms with E-state index in [4.69, 9.17) is 0 Å². The lowest BCUT2D eigenvalue weighted by Gasteiger charge is -2.25. The maximum atomic E-state index is 12.8. The molecule has 4 heterocycles. The normalized spacial score (nSPS) is 22.3. The number of sulfonamides is 1. The maximum Gasteiger partial charge on any atom is 0.241 e. The van der Waals surface area contributed by atoms with Crippen LogP contribution in [0.1, 0.15) is 56.2 Å². The number of pyridine rings is 1. The highest BCUT2D eigenvalue weighted by Gasteiger charge is 2.40. The number of benzene rings is 2. The number of hydrogen-bond acceptors (Lipinski definition) is 5. The van der Waals surface area contributed by atoms with Gasteiger partial charge in [0.15, 0.2) is 5.65 Å². The van der Waals surface area contributed by atoms with Crippen molar-refractivity contribution in [3.63, 3.8) is 0 Å². The van der Waals surface area contributed by atoms with Crippen LogP contribution < -0.4 is 4.72 Å². The summed E-state index contributed by atoms with van der Waals surface area (Å²) in [5.74, 6) is 0. The van der Waals surface area contributed by atoms with Gasteiger partial charge in [0, 0.05) is 28.8 Å². The topological polar surface area (TPSA) is 91.0 Å². The van der Waals surface area contributed by atoms with Crippen molar-refractivity contribution in [2.24, 2.45) is 0 Å². The first-order chi connectivity index (χ1) is 18.3. The zero-order chi connectivity index (χ0) is 26.1. The van der Waals surface area contributed by atoms with Gasteiger partial charge in [-0.25, -0.2) is 18.1 Å². The summed E-state index contributed by atoms with van der Waals surface area (Å²) in [4.78, 5) is 7.67. The quantitative estimate of drug-likeness (QED) is 0.359. The van der Waals surface area contributed by atoms with E-state index in [0.717, 1.165) is 46.2 Å². The molecule has 2 aliphatic heterocycles. The first-order valence-corrected chi connectivity index (χ1v) is 15.2. The number of rotatable bonds is 3. The van der Waals surface area contributed by atoms with Gasteiger partial charge < -0.3 is 4.90 Å². The molecule has 1 fully saturated rings. The summed E-state index contributed by atoms with van der Waals surface area (Å²) in [7, 11) is -3.56. The highest BCUT2D eigenvalue weighted by molar-refractivity contribution is 7.89. The van der Waals surface area contributed by atoms with Gasteiger partial charge in [-0.15, -0.1) is 0 Å². The van der Waals surface area contributed by atoms with Crippen molar-refractivity contribution in [3.05, 3.63) is 65.4 Å². The Morgan fingerprint density at radius 3 is 2.50 bits per heavy atom. The number of likely N-dealkylation sites (tertiary alicyclic amines) is 1. The minimum Gasteiger partial charge on any atom is -0.300 e. The molecule has 1 atom stereocenters. The van der Waals surface area contributed by atoms with Gasteiger partial charge in [-0.2, -0.15) is 5.10 Å². The van der Waals surface area contributed by atoms with Crippen molar-refractivity contribution in [2.75, 3.05) is 13.1 Å². The molecule has 1 aliphatic carbocycles. The molecule has 4 aromatic rings. The fraction of sp³-hybridized carbons (Fsp3) is 0.400. The lowest BCUT2D eigenvalue weighted by Crippen LogP contribution is -2.32. The Hall–Kier alpha value is -3.07. The van der Waals surface area contributed by atoms with E-state index in [1.165, 1.54) is 49.9 Å². The second kappa shape index (κ2) is 8.73. The summed E-state index contributed by atoms with van der Waals surface area (Å²) in [5, 5.41) is 8.40. The summed E-state index contributed by atoms with van der Waals surface area (Å²) in [5.41, 5.74) is 7.46. The Morgan fingerprint density at radius 2 is 1.68 bits per heavy atom. The van der Waals surface area contributed by atoms with Crippen molar-refractivity contribution in [3.8, 4) is 22.4 Å². The highest BCUT2D eigenvalue weighted by Crippen LogP contribution is 2.39. The molecule has 0 bridgehead atoms. The number of nitrogens with zero attached hydrogens (tertiary/aromatic N) is 3. The monoisotopic (exact) mass is 527 g/mol. The Bertz CT molecular complexity index is 1670. The molecule has 0 amide bonds. The van der Waals surface area contributed by atoms with Crippen molar-refractivity contribution < 1.29 is 8.42 Å². The number of aryl methyl sites for hydroxylation is 2. The summed E-state index contributed by atoms with van der Waals surface area (Å²) in [6, 6.07) is 15.3. The molecule has 2 N–H and O–H groups in total. The molecule has 1 unspecified atom stereocenters. The standard InChI is InChI=1S/C30H33N5O2S/c1-30(2)26-12-9-22(17-27(26)38(36,37)34-30)28-25-16-23(18-31-29(25)33-32-28)21-6-5-19-7-10-24(11-8-20(19)15-21)35-13-3-4-14-35/h5-6,9,12,15-18,24,34H,3-4,7-8,10-11,13-14H2,1-2H3,(H,31,32,33). The van der Waals surface area contributed by atoms with Crippen LogP contribution >= 0.6 is 0 Å². The van der Waals surface area contributed by atoms with Crippen LogP contribution in [0.25, 0.3) is 33.4 Å². The highest BCUT2D eigenvalue weighted by atomic mass is 32.2. The van der Waals surface area contributed by atoms with Crippen LogP contribution in [0.5, 0.6) is 0 Å². The van der Waals surface area contributed by atoms with E-state index in [1.54, 1.807) is 6.07 Å². The van der Waals surface area contributed by atoms with Gasteiger partial charge in [-0.3, -0.25) is 5.10 Å². The maximum absolute atomic E-state index is 12.8. The second-order valence-corrected chi connectivity index (χ2v) is 13.2. The van der Waals surface area contributed by atoms with Gasteiger partial charge in [0.2, 0.25) is 10.0 Å². The smallest absolute Gasteiger partial charge is 0.241 e. The number of fused-ring (bicyclic) bond motifs is 3. The minimum atomic E-state index is -3.56. The summed E-state index contributed by atoms with van der Waals surface area (Å²) >= 11 is 0. The van der Waals surface area contributed by atoms with Crippen molar-refractivity contribution in [1.29, 1.82) is 0 Å². The lowest BCUT2D eigenvalue weighted by atomic mass is 9.94. The largest absolute Gasteiger partial charge is 0.300 e. The first-order valence-electron chi connectivity index (χ1n) is 13.7. The molecule has 7 rings (SSSR count). The number of aromatic amines is 1. The Balaban J connectivity index is 1.23. The second-order valence-electron chi connectivity index (χ2n) is 11.6. The molecule has 7 nitrogen and oxygen atoms in total. The van der Waals surface area contributed by atoms with E-state index in [2.05, 4.69) is 49.1 Å². The molecule has 1 saturated heterocycles. The van der Waals surface area contributed by atoms with Crippen LogP contribution in [-0.4, -0.2) is 47.6 Å². The fourth-order valence-electron chi connectivity index (χ4n) is 6.68. The molecular weight excluding hydrogens is 494 g/mol. The predicted molar refractivity (Wildman–Crippen MR) is 149 cm³/mol. The van der Waals surface area contributed by atoms with Gasteiger partial charge in [-0.05, 0) is 99.8 Å². The van der Waals surface area contributed by atoms with E-state index >= 15 is 0 Å². The van der Waals surface area contributed by atoms with Crippen LogP contribution in [0.15, 0.2) is 53.6 Å².